The molecule has 0 bridgehead atoms. The summed E-state index contributed by atoms with van der Waals surface area (Å²) in [4.78, 5) is 0. The summed E-state index contributed by atoms with van der Waals surface area (Å²) in [6.07, 6.45) is 4.43. The van der Waals surface area contributed by atoms with Gasteiger partial charge in [0.25, 0.3) is 0 Å². The quantitative estimate of drug-likeness (QED) is 0.560. The van der Waals surface area contributed by atoms with Gasteiger partial charge in [0.2, 0.25) is 0 Å². The number of hydrogen-bond acceptors (Lipinski definition) is 2. The molecule has 0 fully saturated rings. The summed E-state index contributed by atoms with van der Waals surface area (Å²) in [6.45, 7) is 7.31. The Labute approximate surface area is 93.2 Å². The van der Waals surface area contributed by atoms with Crippen LogP contribution in [0.15, 0.2) is 0 Å². The lowest BCUT2D eigenvalue weighted by molar-refractivity contribution is 0.163. The number of halogens is 1. The fraction of sp³-hybridized carbons (Fsp3) is 1.00. The van der Waals surface area contributed by atoms with Gasteiger partial charge in [0.1, 0.15) is 0 Å². The van der Waals surface area contributed by atoms with Gasteiger partial charge in [-0.2, -0.15) is 4.20 Å². The molecule has 15 heavy (non-hydrogen) atoms. The number of rotatable bonds is 8. The van der Waals surface area contributed by atoms with E-state index in [2.05, 4.69) is 6.92 Å². The zero-order valence-electron chi connectivity index (χ0n) is 10.3. The average molecular weight is 238 g/mol. The van der Waals surface area contributed by atoms with Crippen molar-refractivity contribution < 1.29 is 13.3 Å². The molecule has 0 rings (SSSR count). The SMILES string of the molecule is CCCCC(CCC)OP(=O)(F)C(C)C. The summed E-state index contributed by atoms with van der Waals surface area (Å²) >= 11 is 0. The minimum atomic E-state index is -3.89. The van der Waals surface area contributed by atoms with E-state index in [0.29, 0.717) is 0 Å². The van der Waals surface area contributed by atoms with Gasteiger partial charge in [-0.3, -0.25) is 4.57 Å². The largest absolute Gasteiger partial charge is 0.370 e. The Hall–Kier alpha value is 0.120. The average Bonchev–Trinajstić information content (AvgIpc) is 2.14. The first-order chi connectivity index (χ1) is 6.94. The van der Waals surface area contributed by atoms with Crippen molar-refractivity contribution in [2.75, 3.05) is 0 Å². The van der Waals surface area contributed by atoms with E-state index in [9.17, 15) is 8.76 Å². The van der Waals surface area contributed by atoms with Crippen LogP contribution in [0.1, 0.15) is 59.8 Å². The van der Waals surface area contributed by atoms with Crippen molar-refractivity contribution in [3.63, 3.8) is 0 Å². The zero-order chi connectivity index (χ0) is 11.9. The fourth-order valence-corrected chi connectivity index (χ4v) is 2.19. The molecule has 0 radical (unpaired) electrons. The van der Waals surface area contributed by atoms with E-state index < -0.39 is 13.3 Å². The van der Waals surface area contributed by atoms with Gasteiger partial charge in [0.05, 0.1) is 11.8 Å². The first-order valence-electron chi connectivity index (χ1n) is 5.91. The maximum Gasteiger partial charge on any atom is 0.370 e. The van der Waals surface area contributed by atoms with Gasteiger partial charge < -0.3 is 4.52 Å². The van der Waals surface area contributed by atoms with E-state index in [1.165, 1.54) is 0 Å². The van der Waals surface area contributed by atoms with Gasteiger partial charge >= 0.3 is 7.68 Å². The van der Waals surface area contributed by atoms with Crippen molar-refractivity contribution in [2.45, 2.75) is 71.6 Å². The molecule has 0 spiro atoms. The van der Waals surface area contributed by atoms with Crippen LogP contribution >= 0.6 is 7.68 Å². The van der Waals surface area contributed by atoms with Crippen LogP contribution in [-0.4, -0.2) is 11.8 Å². The maximum atomic E-state index is 13.5. The lowest BCUT2D eigenvalue weighted by Gasteiger charge is -2.21. The molecular weight excluding hydrogens is 214 g/mol. The summed E-state index contributed by atoms with van der Waals surface area (Å²) in [7, 11) is -3.89. The van der Waals surface area contributed by atoms with Crippen LogP contribution in [0.2, 0.25) is 0 Å². The van der Waals surface area contributed by atoms with Gasteiger partial charge in [-0.25, -0.2) is 0 Å². The molecule has 0 heterocycles. The molecule has 0 saturated carbocycles. The third kappa shape index (κ3) is 6.32. The second-order valence-electron chi connectivity index (χ2n) is 4.27. The highest BCUT2D eigenvalue weighted by atomic mass is 31.2. The zero-order valence-corrected chi connectivity index (χ0v) is 11.2. The van der Waals surface area contributed by atoms with Crippen molar-refractivity contribution in [3.05, 3.63) is 0 Å². The highest BCUT2D eigenvalue weighted by Gasteiger charge is 2.30. The summed E-state index contributed by atoms with van der Waals surface area (Å²) in [5, 5.41) is 0. The lowest BCUT2D eigenvalue weighted by atomic mass is 10.1. The summed E-state index contributed by atoms with van der Waals surface area (Å²) in [5.41, 5.74) is -0.529. The monoisotopic (exact) mass is 238 g/mol. The molecule has 2 nitrogen and oxygen atoms in total. The smallest absolute Gasteiger partial charge is 0.302 e. The Bertz CT molecular complexity index is 207. The Kier molecular flexibility index (Phi) is 7.46. The first kappa shape index (κ1) is 15.1. The molecule has 0 aliphatic rings. The second kappa shape index (κ2) is 7.40. The van der Waals surface area contributed by atoms with Crippen molar-refractivity contribution in [2.24, 2.45) is 0 Å². The predicted molar refractivity (Wildman–Crippen MR) is 63.2 cm³/mol. The van der Waals surface area contributed by atoms with Gasteiger partial charge in [0.15, 0.2) is 0 Å². The van der Waals surface area contributed by atoms with E-state index in [0.717, 1.165) is 32.1 Å². The number of hydrogen-bond donors (Lipinski definition) is 0. The van der Waals surface area contributed by atoms with E-state index in [1.807, 2.05) is 6.92 Å². The van der Waals surface area contributed by atoms with Crippen molar-refractivity contribution in [3.8, 4) is 0 Å². The van der Waals surface area contributed by atoms with Gasteiger partial charge in [-0.05, 0) is 12.8 Å². The standard InChI is InChI=1S/C11H24FO2P/c1-5-7-9-11(8-6-2)14-15(12,13)10(3)4/h10-11H,5-9H2,1-4H3. The summed E-state index contributed by atoms with van der Waals surface area (Å²) < 4.78 is 30.2. The molecule has 2 unspecified atom stereocenters. The van der Waals surface area contributed by atoms with Crippen LogP contribution < -0.4 is 0 Å². The molecule has 2 atom stereocenters. The third-order valence-corrected chi connectivity index (χ3v) is 4.22. The van der Waals surface area contributed by atoms with E-state index in [4.69, 9.17) is 4.52 Å². The van der Waals surface area contributed by atoms with E-state index in [-0.39, 0.29) is 6.10 Å². The van der Waals surface area contributed by atoms with Crippen molar-refractivity contribution in [1.82, 2.24) is 0 Å². The Morgan fingerprint density at radius 1 is 1.20 bits per heavy atom. The third-order valence-electron chi connectivity index (χ3n) is 2.40. The molecule has 0 aromatic rings. The minimum absolute atomic E-state index is 0.173. The molecule has 0 aliphatic heterocycles. The van der Waals surface area contributed by atoms with Crippen LogP contribution in [0.3, 0.4) is 0 Å². The molecule has 4 heteroatoms. The van der Waals surface area contributed by atoms with Crippen LogP contribution in [0, 0.1) is 0 Å². The highest BCUT2D eigenvalue weighted by Crippen LogP contribution is 2.55. The predicted octanol–water partition coefficient (Wildman–Crippen LogP) is 4.93. The first-order valence-corrected chi connectivity index (χ1v) is 7.50. The molecule has 0 aromatic carbocycles. The van der Waals surface area contributed by atoms with Crippen molar-refractivity contribution >= 4 is 7.68 Å². The molecule has 0 aromatic heterocycles. The maximum absolute atomic E-state index is 13.5. The van der Waals surface area contributed by atoms with Crippen molar-refractivity contribution in [1.29, 1.82) is 0 Å². The van der Waals surface area contributed by atoms with Crippen LogP contribution in [0.4, 0.5) is 4.20 Å². The van der Waals surface area contributed by atoms with E-state index >= 15 is 0 Å². The molecule has 0 N–H and O–H groups in total. The topological polar surface area (TPSA) is 26.3 Å². The molecular formula is C11H24FO2P. The normalized spacial score (nSPS) is 17.7. The van der Waals surface area contributed by atoms with Gasteiger partial charge in [-0.1, -0.05) is 47.0 Å². The Morgan fingerprint density at radius 3 is 2.20 bits per heavy atom. The fourth-order valence-electron chi connectivity index (χ4n) is 1.33. The number of unbranched alkanes of at least 4 members (excludes halogenated alkanes) is 1. The molecule has 0 amide bonds. The van der Waals surface area contributed by atoms with Gasteiger partial charge in [0, 0.05) is 0 Å². The van der Waals surface area contributed by atoms with Crippen LogP contribution in [0.5, 0.6) is 0 Å². The molecule has 0 saturated heterocycles. The molecule has 0 aliphatic carbocycles. The Morgan fingerprint density at radius 2 is 1.80 bits per heavy atom. The van der Waals surface area contributed by atoms with E-state index in [1.54, 1.807) is 13.8 Å². The highest BCUT2D eigenvalue weighted by molar-refractivity contribution is 7.54. The molecule has 92 valence electrons. The van der Waals surface area contributed by atoms with Crippen LogP contribution in [0.25, 0.3) is 0 Å². The van der Waals surface area contributed by atoms with Crippen LogP contribution in [-0.2, 0) is 9.09 Å². The van der Waals surface area contributed by atoms with Gasteiger partial charge in [-0.15, -0.1) is 0 Å². The second-order valence-corrected chi connectivity index (χ2v) is 6.56. The summed E-state index contributed by atoms with van der Waals surface area (Å²) in [5.74, 6) is 0. The lowest BCUT2D eigenvalue weighted by Crippen LogP contribution is -2.12. The minimum Gasteiger partial charge on any atom is -0.302 e. The summed E-state index contributed by atoms with van der Waals surface area (Å²) in [6, 6.07) is 0. The Balaban J connectivity index is 4.20.